The van der Waals surface area contributed by atoms with Gasteiger partial charge in [-0.2, -0.15) is 5.10 Å². The molecule has 0 aliphatic heterocycles. The van der Waals surface area contributed by atoms with E-state index in [0.29, 0.717) is 18.8 Å². The molecule has 0 fully saturated rings. The third-order valence-electron chi connectivity index (χ3n) is 2.01. The molecule has 1 rings (SSSR count). The van der Waals surface area contributed by atoms with Crippen molar-refractivity contribution in [1.29, 1.82) is 0 Å². The quantitative estimate of drug-likeness (QED) is 0.695. The molecular weight excluding hydrogens is 282 g/mol. The minimum Gasteiger partial charge on any atom is -0.383 e. The first-order valence-corrected chi connectivity index (χ1v) is 5.42. The highest BCUT2D eigenvalue weighted by molar-refractivity contribution is 5.91. The van der Waals surface area contributed by atoms with E-state index in [0.717, 1.165) is 4.68 Å². The summed E-state index contributed by atoms with van der Waals surface area (Å²) in [6, 6.07) is 0. The minimum atomic E-state index is -2.47. The molecule has 0 saturated carbocycles. The third-order valence-corrected chi connectivity index (χ3v) is 2.01. The number of amides is 1. The molecule has 9 heteroatoms. The molecule has 19 heavy (non-hydrogen) atoms. The molecule has 2 N–H and O–H groups in total. The fraction of sp³-hybridized carbons (Fsp3) is 0.600. The van der Waals surface area contributed by atoms with Gasteiger partial charge in [0.2, 0.25) is 5.91 Å². The van der Waals surface area contributed by atoms with E-state index in [4.69, 9.17) is 4.74 Å². The second-order valence-corrected chi connectivity index (χ2v) is 3.56. The predicted octanol–water partition coefficient (Wildman–Crippen LogP) is 0.744. The van der Waals surface area contributed by atoms with Gasteiger partial charge in [0, 0.05) is 19.9 Å². The van der Waals surface area contributed by atoms with Gasteiger partial charge in [-0.05, 0) is 0 Å². The molecule has 0 atom stereocenters. The van der Waals surface area contributed by atoms with Crippen LogP contribution in [-0.2, 0) is 16.1 Å². The fourth-order valence-electron chi connectivity index (χ4n) is 1.25. The molecule has 110 valence electrons. The summed E-state index contributed by atoms with van der Waals surface area (Å²) in [5, 5.41) is 9.10. The highest BCUT2D eigenvalue weighted by atomic mass is 35.5. The number of aromatic nitrogens is 2. The van der Waals surface area contributed by atoms with Crippen molar-refractivity contribution in [2.75, 3.05) is 32.1 Å². The van der Waals surface area contributed by atoms with Crippen LogP contribution in [0.3, 0.4) is 0 Å². The van der Waals surface area contributed by atoms with E-state index in [2.05, 4.69) is 15.7 Å². The van der Waals surface area contributed by atoms with Gasteiger partial charge in [0.15, 0.2) is 0 Å². The van der Waals surface area contributed by atoms with Crippen LogP contribution in [0.2, 0.25) is 0 Å². The molecule has 0 saturated heterocycles. The van der Waals surface area contributed by atoms with Gasteiger partial charge >= 0.3 is 0 Å². The smallest absolute Gasteiger partial charge is 0.257 e. The minimum absolute atomic E-state index is 0. The number of ether oxygens (including phenoxy) is 1. The van der Waals surface area contributed by atoms with E-state index in [1.54, 1.807) is 7.11 Å². The monoisotopic (exact) mass is 298 g/mol. The Morgan fingerprint density at radius 3 is 2.95 bits per heavy atom. The average Bonchev–Trinajstić information content (AvgIpc) is 2.71. The van der Waals surface area contributed by atoms with Crippen molar-refractivity contribution in [1.82, 2.24) is 15.1 Å². The molecule has 1 aromatic rings. The largest absolute Gasteiger partial charge is 0.383 e. The highest BCUT2D eigenvalue weighted by Crippen LogP contribution is 2.06. The molecule has 6 nitrogen and oxygen atoms in total. The Balaban J connectivity index is 0.00000324. The summed E-state index contributed by atoms with van der Waals surface area (Å²) < 4.78 is 30.0. The number of carbonyl (C=O) groups excluding carboxylic acids is 1. The number of anilines is 1. The number of halogens is 3. The molecule has 1 amide bonds. The fourth-order valence-corrected chi connectivity index (χ4v) is 1.25. The number of hydrogen-bond donors (Lipinski definition) is 2. The SMILES string of the molecule is COCCNCC(=O)Nc1cnn(CC(F)F)c1.Cl. The lowest BCUT2D eigenvalue weighted by atomic mass is 10.5. The summed E-state index contributed by atoms with van der Waals surface area (Å²) >= 11 is 0. The molecule has 0 bridgehead atoms. The van der Waals surface area contributed by atoms with Gasteiger partial charge in [-0.1, -0.05) is 0 Å². The van der Waals surface area contributed by atoms with E-state index in [1.165, 1.54) is 12.4 Å². The zero-order chi connectivity index (χ0) is 13.4. The van der Waals surface area contributed by atoms with Crippen molar-refractivity contribution < 1.29 is 18.3 Å². The number of carbonyl (C=O) groups is 1. The lowest BCUT2D eigenvalue weighted by Gasteiger charge is -2.04. The maximum atomic E-state index is 12.1. The van der Waals surface area contributed by atoms with Crippen molar-refractivity contribution in [3.63, 3.8) is 0 Å². The average molecular weight is 299 g/mol. The number of methoxy groups -OCH3 is 1. The van der Waals surface area contributed by atoms with Crippen LogP contribution in [-0.4, -0.2) is 48.9 Å². The Morgan fingerprint density at radius 2 is 2.32 bits per heavy atom. The number of nitrogens with zero attached hydrogens (tertiary/aromatic N) is 2. The van der Waals surface area contributed by atoms with Crippen molar-refractivity contribution in [3.8, 4) is 0 Å². The second kappa shape index (κ2) is 9.65. The number of rotatable bonds is 8. The van der Waals surface area contributed by atoms with E-state index < -0.39 is 13.0 Å². The molecule has 0 aliphatic carbocycles. The topological polar surface area (TPSA) is 68.2 Å². The van der Waals surface area contributed by atoms with Crippen LogP contribution in [0.4, 0.5) is 14.5 Å². The maximum absolute atomic E-state index is 12.1. The Labute approximate surface area is 115 Å². The van der Waals surface area contributed by atoms with Crippen molar-refractivity contribution in [2.45, 2.75) is 13.0 Å². The van der Waals surface area contributed by atoms with Crippen LogP contribution >= 0.6 is 12.4 Å². The second-order valence-electron chi connectivity index (χ2n) is 3.56. The van der Waals surface area contributed by atoms with Gasteiger partial charge in [-0.3, -0.25) is 9.48 Å². The van der Waals surface area contributed by atoms with Crippen LogP contribution in [0.15, 0.2) is 12.4 Å². The summed E-state index contributed by atoms with van der Waals surface area (Å²) in [5.74, 6) is -0.261. The standard InChI is InChI=1S/C10H16F2N4O2.ClH/c1-18-3-2-13-5-10(17)15-8-4-14-16(6-8)7-9(11)12;/h4,6,9,13H,2-3,5,7H2,1H3,(H,15,17);1H. The van der Waals surface area contributed by atoms with Gasteiger partial charge in [0.1, 0.15) is 6.54 Å². The first-order chi connectivity index (χ1) is 8.61. The van der Waals surface area contributed by atoms with Crippen LogP contribution in [0, 0.1) is 0 Å². The Hall–Kier alpha value is -1.25. The summed E-state index contributed by atoms with van der Waals surface area (Å²) in [6.07, 6.45) is 0.221. The van der Waals surface area contributed by atoms with Gasteiger partial charge < -0.3 is 15.4 Å². The first-order valence-electron chi connectivity index (χ1n) is 5.42. The summed E-state index contributed by atoms with van der Waals surface area (Å²) in [6.45, 7) is 0.722. The van der Waals surface area contributed by atoms with Crippen molar-refractivity contribution in [3.05, 3.63) is 12.4 Å². The predicted molar refractivity (Wildman–Crippen MR) is 68.9 cm³/mol. The molecule has 0 spiro atoms. The van der Waals surface area contributed by atoms with Crippen molar-refractivity contribution >= 4 is 24.0 Å². The van der Waals surface area contributed by atoms with Crippen LogP contribution in [0.5, 0.6) is 0 Å². The highest BCUT2D eigenvalue weighted by Gasteiger charge is 2.07. The maximum Gasteiger partial charge on any atom is 0.257 e. The zero-order valence-corrected chi connectivity index (χ0v) is 11.3. The molecule has 0 aromatic carbocycles. The van der Waals surface area contributed by atoms with Crippen LogP contribution in [0.1, 0.15) is 0 Å². The molecule has 0 unspecified atom stereocenters. The molecule has 0 radical (unpaired) electrons. The summed E-state index contributed by atoms with van der Waals surface area (Å²) in [5.41, 5.74) is 0.397. The Morgan fingerprint density at radius 1 is 1.58 bits per heavy atom. The summed E-state index contributed by atoms with van der Waals surface area (Å²) in [4.78, 5) is 11.4. The van der Waals surface area contributed by atoms with Crippen molar-refractivity contribution in [2.24, 2.45) is 0 Å². The molecular formula is C10H17ClF2N4O2. The normalized spacial score (nSPS) is 10.3. The summed E-state index contributed by atoms with van der Waals surface area (Å²) in [7, 11) is 1.57. The van der Waals surface area contributed by atoms with E-state index in [-0.39, 0.29) is 24.9 Å². The lowest BCUT2D eigenvalue weighted by Crippen LogP contribution is -2.30. The number of alkyl halides is 2. The van der Waals surface area contributed by atoms with Crippen LogP contribution in [0.25, 0.3) is 0 Å². The number of nitrogens with one attached hydrogen (secondary N) is 2. The van der Waals surface area contributed by atoms with Gasteiger partial charge in [-0.25, -0.2) is 8.78 Å². The lowest BCUT2D eigenvalue weighted by molar-refractivity contribution is -0.115. The van der Waals surface area contributed by atoms with E-state index in [1.807, 2.05) is 0 Å². The van der Waals surface area contributed by atoms with E-state index in [9.17, 15) is 13.6 Å². The third kappa shape index (κ3) is 7.70. The number of hydrogen-bond acceptors (Lipinski definition) is 4. The van der Waals surface area contributed by atoms with Gasteiger partial charge in [-0.15, -0.1) is 12.4 Å². The first kappa shape index (κ1) is 17.8. The van der Waals surface area contributed by atoms with Gasteiger partial charge in [0.05, 0.1) is 25.0 Å². The van der Waals surface area contributed by atoms with E-state index >= 15 is 0 Å². The molecule has 1 aromatic heterocycles. The molecule has 0 aliphatic rings. The zero-order valence-electron chi connectivity index (χ0n) is 10.4. The molecule has 1 heterocycles. The Bertz CT molecular complexity index is 376. The van der Waals surface area contributed by atoms with Crippen LogP contribution < -0.4 is 10.6 Å². The Kier molecular flexibility index (Phi) is 9.02. The van der Waals surface area contributed by atoms with Gasteiger partial charge in [0.25, 0.3) is 6.43 Å².